The molecule has 3 aromatic rings. The van der Waals surface area contributed by atoms with Crippen LogP contribution in [0.1, 0.15) is 37.5 Å². The minimum atomic E-state index is -4.12. The van der Waals surface area contributed by atoms with Gasteiger partial charge in [0.2, 0.25) is 11.8 Å². The molecule has 1 N–H and O–H groups in total. The zero-order valence-electron chi connectivity index (χ0n) is 22.3. The highest BCUT2D eigenvalue weighted by molar-refractivity contribution is 7.92. The summed E-state index contributed by atoms with van der Waals surface area (Å²) in [5, 5.41) is 3.31. The number of carbonyl (C=O) groups is 2. The highest BCUT2D eigenvalue weighted by Gasteiger charge is 2.33. The molecule has 9 heteroatoms. The van der Waals surface area contributed by atoms with Crippen LogP contribution in [0.25, 0.3) is 0 Å². The second kappa shape index (κ2) is 12.5. The van der Waals surface area contributed by atoms with Gasteiger partial charge in [0.1, 0.15) is 12.6 Å². The third kappa shape index (κ3) is 6.94. The van der Waals surface area contributed by atoms with Crippen molar-refractivity contribution in [2.24, 2.45) is 0 Å². The Hall–Kier alpha value is -3.36. The van der Waals surface area contributed by atoms with Crippen LogP contribution < -0.4 is 9.62 Å². The van der Waals surface area contributed by atoms with Gasteiger partial charge in [-0.25, -0.2) is 8.42 Å². The van der Waals surface area contributed by atoms with Crippen LogP contribution in [0.5, 0.6) is 0 Å². The van der Waals surface area contributed by atoms with Crippen LogP contribution >= 0.6 is 11.6 Å². The lowest BCUT2D eigenvalue weighted by Gasteiger charge is -2.33. The van der Waals surface area contributed by atoms with Crippen molar-refractivity contribution < 1.29 is 18.0 Å². The molecule has 0 bridgehead atoms. The third-order valence-corrected chi connectivity index (χ3v) is 8.25. The van der Waals surface area contributed by atoms with E-state index < -0.39 is 28.5 Å². The molecule has 0 aliphatic carbocycles. The molecule has 0 saturated heterocycles. The number of nitrogens with zero attached hydrogens (tertiary/aromatic N) is 2. The Labute approximate surface area is 230 Å². The molecule has 1 atom stereocenters. The number of anilines is 1. The fraction of sp³-hybridized carbons (Fsp3) is 0.310. The van der Waals surface area contributed by atoms with Gasteiger partial charge in [0.05, 0.1) is 10.6 Å². The molecule has 3 aromatic carbocycles. The molecule has 0 unspecified atom stereocenters. The lowest BCUT2D eigenvalue weighted by molar-refractivity contribution is -0.139. The van der Waals surface area contributed by atoms with Crippen molar-refractivity contribution >= 4 is 39.1 Å². The summed E-state index contributed by atoms with van der Waals surface area (Å²) >= 11 is 6.14. The third-order valence-electron chi connectivity index (χ3n) is 6.24. The Kier molecular flexibility index (Phi) is 9.57. The maximum absolute atomic E-state index is 13.9. The predicted octanol–water partition coefficient (Wildman–Crippen LogP) is 5.09. The summed E-state index contributed by atoms with van der Waals surface area (Å²) < 4.78 is 28.8. The highest BCUT2D eigenvalue weighted by atomic mass is 35.5. The standard InChI is InChI=1S/C29H34ClN3O4S/c1-20(2)31-29(35)23(5)32(18-24-12-10-9-11-21(24)3)28(34)19-33(27-16-15-25(30)17-22(27)4)38(36,37)26-13-7-6-8-14-26/h6-17,20,23H,18-19H2,1-5H3,(H,31,35)/t23-/m1/s1. The van der Waals surface area contributed by atoms with E-state index in [-0.39, 0.29) is 23.4 Å². The SMILES string of the molecule is Cc1ccccc1CN(C(=O)CN(c1ccc(Cl)cc1C)S(=O)(=O)c1ccccc1)[C@H](C)C(=O)NC(C)C. The highest BCUT2D eigenvalue weighted by Crippen LogP contribution is 2.29. The molecule has 0 fully saturated rings. The van der Waals surface area contributed by atoms with E-state index in [2.05, 4.69) is 5.32 Å². The van der Waals surface area contributed by atoms with Crippen LogP contribution in [-0.2, 0) is 26.2 Å². The number of sulfonamides is 1. The minimum Gasteiger partial charge on any atom is -0.352 e. The van der Waals surface area contributed by atoms with Crippen LogP contribution in [-0.4, -0.2) is 43.8 Å². The number of amides is 2. The molecule has 0 heterocycles. The molecular weight excluding hydrogens is 522 g/mol. The zero-order chi connectivity index (χ0) is 28.0. The number of hydrogen-bond donors (Lipinski definition) is 1. The van der Waals surface area contributed by atoms with Crippen LogP contribution in [0.15, 0.2) is 77.7 Å². The maximum atomic E-state index is 13.9. The van der Waals surface area contributed by atoms with E-state index in [1.807, 2.05) is 45.0 Å². The molecule has 202 valence electrons. The van der Waals surface area contributed by atoms with Crippen molar-refractivity contribution in [3.63, 3.8) is 0 Å². The average molecular weight is 556 g/mol. The summed E-state index contributed by atoms with van der Waals surface area (Å²) in [7, 11) is -4.12. The lowest BCUT2D eigenvalue weighted by Crippen LogP contribution is -2.52. The Bertz CT molecular complexity index is 1390. The second-order valence-corrected chi connectivity index (χ2v) is 11.8. The molecule has 38 heavy (non-hydrogen) atoms. The van der Waals surface area contributed by atoms with Crippen LogP contribution in [0.4, 0.5) is 5.69 Å². The van der Waals surface area contributed by atoms with Crippen molar-refractivity contribution in [2.75, 3.05) is 10.8 Å². The van der Waals surface area contributed by atoms with E-state index in [0.29, 0.717) is 16.3 Å². The van der Waals surface area contributed by atoms with Crippen LogP contribution in [0.3, 0.4) is 0 Å². The lowest BCUT2D eigenvalue weighted by atomic mass is 10.1. The van der Waals surface area contributed by atoms with Gasteiger partial charge in [0, 0.05) is 17.6 Å². The van der Waals surface area contributed by atoms with Crippen molar-refractivity contribution in [1.29, 1.82) is 0 Å². The van der Waals surface area contributed by atoms with Gasteiger partial charge in [0.15, 0.2) is 0 Å². The summed E-state index contributed by atoms with van der Waals surface area (Å²) in [5.74, 6) is -0.824. The monoisotopic (exact) mass is 555 g/mol. The Morgan fingerprint density at radius 2 is 1.53 bits per heavy atom. The normalized spacial score (nSPS) is 12.2. The smallest absolute Gasteiger partial charge is 0.264 e. The summed E-state index contributed by atoms with van der Waals surface area (Å²) in [6.07, 6.45) is 0. The average Bonchev–Trinajstić information content (AvgIpc) is 2.86. The van der Waals surface area contributed by atoms with E-state index in [0.717, 1.165) is 15.4 Å². The number of benzene rings is 3. The fourth-order valence-corrected chi connectivity index (χ4v) is 5.82. The molecule has 0 spiro atoms. The van der Waals surface area contributed by atoms with E-state index in [9.17, 15) is 18.0 Å². The maximum Gasteiger partial charge on any atom is 0.264 e. The van der Waals surface area contributed by atoms with Crippen molar-refractivity contribution in [2.45, 2.75) is 58.1 Å². The van der Waals surface area contributed by atoms with Crippen molar-refractivity contribution in [3.05, 3.63) is 94.5 Å². The Morgan fingerprint density at radius 3 is 2.13 bits per heavy atom. The number of carbonyl (C=O) groups excluding carboxylic acids is 2. The Morgan fingerprint density at radius 1 is 0.895 bits per heavy atom. The molecule has 0 radical (unpaired) electrons. The number of aryl methyl sites for hydroxylation is 2. The predicted molar refractivity (Wildman–Crippen MR) is 152 cm³/mol. The number of rotatable bonds is 10. The number of nitrogens with one attached hydrogen (secondary N) is 1. The first-order chi connectivity index (χ1) is 17.9. The Balaban J connectivity index is 2.07. The van der Waals surface area contributed by atoms with Crippen molar-refractivity contribution in [3.8, 4) is 0 Å². The van der Waals surface area contributed by atoms with Gasteiger partial charge in [-0.1, -0.05) is 54.1 Å². The molecule has 0 saturated carbocycles. The van der Waals surface area contributed by atoms with Crippen LogP contribution in [0.2, 0.25) is 5.02 Å². The van der Waals surface area contributed by atoms with E-state index >= 15 is 0 Å². The zero-order valence-corrected chi connectivity index (χ0v) is 23.9. The first-order valence-corrected chi connectivity index (χ1v) is 14.2. The van der Waals surface area contributed by atoms with Crippen molar-refractivity contribution in [1.82, 2.24) is 10.2 Å². The van der Waals surface area contributed by atoms with Gasteiger partial charge in [-0.05, 0) is 81.6 Å². The van der Waals surface area contributed by atoms with Gasteiger partial charge in [0.25, 0.3) is 10.0 Å². The molecule has 0 aliphatic rings. The molecular formula is C29H34ClN3O4S. The quantitative estimate of drug-likeness (QED) is 0.377. The van der Waals surface area contributed by atoms with Gasteiger partial charge in [-0.3, -0.25) is 13.9 Å². The summed E-state index contributed by atoms with van der Waals surface area (Å²) in [5.41, 5.74) is 2.76. The molecule has 3 rings (SSSR count). The van der Waals surface area contributed by atoms with Gasteiger partial charge in [-0.15, -0.1) is 0 Å². The van der Waals surface area contributed by atoms with E-state index in [1.165, 1.54) is 17.0 Å². The fourth-order valence-electron chi connectivity index (χ4n) is 4.09. The largest absolute Gasteiger partial charge is 0.352 e. The molecule has 7 nitrogen and oxygen atoms in total. The first kappa shape index (κ1) is 29.2. The summed E-state index contributed by atoms with van der Waals surface area (Å²) in [4.78, 5) is 28.4. The first-order valence-electron chi connectivity index (χ1n) is 12.4. The summed E-state index contributed by atoms with van der Waals surface area (Å²) in [6.45, 7) is 8.66. The second-order valence-electron chi connectivity index (χ2n) is 9.54. The van der Waals surface area contributed by atoms with E-state index in [4.69, 9.17) is 11.6 Å². The number of hydrogen-bond acceptors (Lipinski definition) is 4. The molecule has 2 amide bonds. The summed E-state index contributed by atoms with van der Waals surface area (Å²) in [6, 6.07) is 19.4. The number of halogens is 1. The minimum absolute atomic E-state index is 0.0539. The van der Waals surface area contributed by atoms with E-state index in [1.54, 1.807) is 50.2 Å². The van der Waals surface area contributed by atoms with Crippen LogP contribution in [0, 0.1) is 13.8 Å². The molecule has 0 aliphatic heterocycles. The van der Waals surface area contributed by atoms with Gasteiger partial charge >= 0.3 is 0 Å². The van der Waals surface area contributed by atoms with Gasteiger partial charge in [-0.2, -0.15) is 0 Å². The van der Waals surface area contributed by atoms with Gasteiger partial charge < -0.3 is 10.2 Å². The topological polar surface area (TPSA) is 86.8 Å². The molecule has 0 aromatic heterocycles.